The first-order chi connectivity index (χ1) is 5.20. The van der Waals surface area contributed by atoms with Crippen LogP contribution in [0.1, 0.15) is 18.7 Å². The highest BCUT2D eigenvalue weighted by Gasteiger charge is 2.25. The largest absolute Gasteiger partial charge is 0.464 e. The molecule has 1 aromatic heterocycles. The third-order valence-corrected chi connectivity index (χ3v) is 3.13. The summed E-state index contributed by atoms with van der Waals surface area (Å²) in [6.45, 7) is 4.39. The Hall–Kier alpha value is -0.760. The molecule has 0 bridgehead atoms. The van der Waals surface area contributed by atoms with Crippen LogP contribution < -0.4 is 4.74 Å². The van der Waals surface area contributed by atoms with Crippen LogP contribution in [0.15, 0.2) is 23.8 Å². The fraction of sp³-hybridized carbons (Fsp3) is 0.333. The Labute approximate surface area is 70.3 Å². The van der Waals surface area contributed by atoms with Crippen molar-refractivity contribution < 1.29 is 4.74 Å². The molecule has 0 fully saturated rings. The Balaban J connectivity index is 2.56. The van der Waals surface area contributed by atoms with Crippen molar-refractivity contribution in [2.75, 3.05) is 0 Å². The number of fused-ring (bicyclic) bond motifs is 1. The van der Waals surface area contributed by atoms with E-state index in [1.54, 1.807) is 17.6 Å². The summed E-state index contributed by atoms with van der Waals surface area (Å²) in [7, 11) is 0. The Morgan fingerprint density at radius 3 is 3.00 bits per heavy atom. The standard InChI is InChI=1S/C9H10OS/c1-9(2)4-5-10-7-3-6-11-8(7)9/h3-6H,1-2H3. The zero-order valence-corrected chi connectivity index (χ0v) is 7.44. The normalized spacial score (nSPS) is 19.1. The van der Waals surface area contributed by atoms with Crippen LogP contribution in [0.4, 0.5) is 0 Å². The Morgan fingerprint density at radius 2 is 2.27 bits per heavy atom. The van der Waals surface area contributed by atoms with Crippen molar-refractivity contribution >= 4 is 11.3 Å². The molecule has 0 saturated carbocycles. The maximum atomic E-state index is 5.33. The van der Waals surface area contributed by atoms with E-state index >= 15 is 0 Å². The summed E-state index contributed by atoms with van der Waals surface area (Å²) in [6, 6.07) is 2.02. The Bertz CT molecular complexity index is 296. The van der Waals surface area contributed by atoms with Crippen molar-refractivity contribution in [3.8, 4) is 5.75 Å². The number of ether oxygens (including phenoxy) is 1. The fourth-order valence-corrected chi connectivity index (χ4v) is 2.14. The van der Waals surface area contributed by atoms with Gasteiger partial charge in [-0.05, 0) is 17.5 Å². The molecule has 0 unspecified atom stereocenters. The van der Waals surface area contributed by atoms with Gasteiger partial charge in [0.1, 0.15) is 5.75 Å². The summed E-state index contributed by atoms with van der Waals surface area (Å²) in [5.74, 6) is 1.02. The van der Waals surface area contributed by atoms with Gasteiger partial charge in [0, 0.05) is 5.41 Å². The molecule has 0 radical (unpaired) electrons. The molecule has 1 aliphatic rings. The van der Waals surface area contributed by atoms with E-state index in [1.807, 2.05) is 6.07 Å². The van der Waals surface area contributed by atoms with E-state index < -0.39 is 0 Å². The molecule has 1 aromatic rings. The summed E-state index contributed by atoms with van der Waals surface area (Å²) in [4.78, 5) is 1.32. The molecule has 11 heavy (non-hydrogen) atoms. The monoisotopic (exact) mass is 166 g/mol. The third kappa shape index (κ3) is 0.979. The van der Waals surface area contributed by atoms with Gasteiger partial charge in [0.15, 0.2) is 0 Å². The Kier molecular flexibility index (Phi) is 1.33. The van der Waals surface area contributed by atoms with Crippen LogP contribution in [0.25, 0.3) is 0 Å². The van der Waals surface area contributed by atoms with Crippen LogP contribution in [-0.4, -0.2) is 0 Å². The van der Waals surface area contributed by atoms with Crippen LogP contribution in [0.5, 0.6) is 5.75 Å². The molecule has 0 N–H and O–H groups in total. The second-order valence-electron chi connectivity index (χ2n) is 3.26. The van der Waals surface area contributed by atoms with Crippen LogP contribution in [0.3, 0.4) is 0 Å². The summed E-state index contributed by atoms with van der Waals surface area (Å²) in [5, 5.41) is 2.07. The molecule has 0 spiro atoms. The van der Waals surface area contributed by atoms with E-state index in [-0.39, 0.29) is 5.41 Å². The van der Waals surface area contributed by atoms with Crippen LogP contribution in [0.2, 0.25) is 0 Å². The highest BCUT2D eigenvalue weighted by atomic mass is 32.1. The van der Waals surface area contributed by atoms with Gasteiger partial charge in [-0.2, -0.15) is 0 Å². The average molecular weight is 166 g/mol. The van der Waals surface area contributed by atoms with Crippen LogP contribution >= 0.6 is 11.3 Å². The lowest BCUT2D eigenvalue weighted by Crippen LogP contribution is -2.15. The minimum Gasteiger partial charge on any atom is -0.464 e. The lowest BCUT2D eigenvalue weighted by atomic mass is 9.90. The molecule has 0 aliphatic carbocycles. The lowest BCUT2D eigenvalue weighted by molar-refractivity contribution is 0.437. The molecule has 2 rings (SSSR count). The zero-order valence-electron chi connectivity index (χ0n) is 6.63. The first-order valence-corrected chi connectivity index (χ1v) is 4.50. The first-order valence-electron chi connectivity index (χ1n) is 3.62. The number of thiophene rings is 1. The molecule has 1 aliphatic heterocycles. The van der Waals surface area contributed by atoms with Crippen LogP contribution in [-0.2, 0) is 5.41 Å². The number of hydrogen-bond acceptors (Lipinski definition) is 2. The molecule has 0 saturated heterocycles. The molecule has 2 heteroatoms. The van der Waals surface area contributed by atoms with Gasteiger partial charge >= 0.3 is 0 Å². The van der Waals surface area contributed by atoms with Crippen LogP contribution in [0, 0.1) is 0 Å². The van der Waals surface area contributed by atoms with Crippen molar-refractivity contribution in [1.82, 2.24) is 0 Å². The smallest absolute Gasteiger partial charge is 0.141 e. The summed E-state index contributed by atoms with van der Waals surface area (Å²) in [6.07, 6.45) is 3.86. The highest BCUT2D eigenvalue weighted by Crippen LogP contribution is 2.39. The molecule has 2 heterocycles. The minimum atomic E-state index is 0.155. The van der Waals surface area contributed by atoms with Gasteiger partial charge in [-0.25, -0.2) is 0 Å². The van der Waals surface area contributed by atoms with Crippen molar-refractivity contribution in [1.29, 1.82) is 0 Å². The minimum absolute atomic E-state index is 0.155. The van der Waals surface area contributed by atoms with Gasteiger partial charge in [0.2, 0.25) is 0 Å². The quantitative estimate of drug-likeness (QED) is 0.575. The molecular formula is C9H10OS. The molecule has 0 atom stereocenters. The lowest BCUT2D eigenvalue weighted by Gasteiger charge is -2.23. The maximum Gasteiger partial charge on any atom is 0.141 e. The van der Waals surface area contributed by atoms with E-state index in [9.17, 15) is 0 Å². The van der Waals surface area contributed by atoms with E-state index in [0.29, 0.717) is 0 Å². The predicted molar refractivity (Wildman–Crippen MR) is 47.1 cm³/mol. The number of hydrogen-bond donors (Lipinski definition) is 0. The number of allylic oxidation sites excluding steroid dienone is 1. The molecule has 0 amide bonds. The van der Waals surface area contributed by atoms with Gasteiger partial charge in [-0.3, -0.25) is 0 Å². The van der Waals surface area contributed by atoms with E-state index in [0.717, 1.165) is 5.75 Å². The van der Waals surface area contributed by atoms with Gasteiger partial charge < -0.3 is 4.74 Å². The highest BCUT2D eigenvalue weighted by molar-refractivity contribution is 7.10. The van der Waals surface area contributed by atoms with E-state index in [1.165, 1.54) is 4.88 Å². The second kappa shape index (κ2) is 2.11. The van der Waals surface area contributed by atoms with Crippen molar-refractivity contribution in [2.24, 2.45) is 0 Å². The van der Waals surface area contributed by atoms with Gasteiger partial charge in [0.05, 0.1) is 11.1 Å². The first kappa shape index (κ1) is 6.92. The second-order valence-corrected chi connectivity index (χ2v) is 4.17. The van der Waals surface area contributed by atoms with Crippen molar-refractivity contribution in [3.63, 3.8) is 0 Å². The third-order valence-electron chi connectivity index (χ3n) is 1.89. The van der Waals surface area contributed by atoms with E-state index in [4.69, 9.17) is 4.74 Å². The summed E-state index contributed by atoms with van der Waals surface area (Å²) < 4.78 is 5.33. The van der Waals surface area contributed by atoms with Crippen molar-refractivity contribution in [2.45, 2.75) is 19.3 Å². The van der Waals surface area contributed by atoms with Gasteiger partial charge in [-0.1, -0.05) is 13.8 Å². The molecular weight excluding hydrogens is 156 g/mol. The molecule has 1 nitrogen and oxygen atoms in total. The van der Waals surface area contributed by atoms with E-state index in [2.05, 4.69) is 25.3 Å². The molecule has 58 valence electrons. The topological polar surface area (TPSA) is 9.23 Å². The van der Waals surface area contributed by atoms with Gasteiger partial charge in [-0.15, -0.1) is 11.3 Å². The Morgan fingerprint density at radius 1 is 1.45 bits per heavy atom. The summed E-state index contributed by atoms with van der Waals surface area (Å²) in [5.41, 5.74) is 0.155. The number of rotatable bonds is 0. The fourth-order valence-electron chi connectivity index (χ4n) is 1.21. The zero-order chi connectivity index (χ0) is 7.90. The molecule has 0 aromatic carbocycles. The van der Waals surface area contributed by atoms with Crippen molar-refractivity contribution in [3.05, 3.63) is 28.7 Å². The maximum absolute atomic E-state index is 5.33. The predicted octanol–water partition coefficient (Wildman–Crippen LogP) is 2.93. The average Bonchev–Trinajstić information content (AvgIpc) is 2.34. The summed E-state index contributed by atoms with van der Waals surface area (Å²) >= 11 is 1.76. The van der Waals surface area contributed by atoms with Gasteiger partial charge in [0.25, 0.3) is 0 Å². The SMILES string of the molecule is CC1(C)C=COc2ccsc21.